The fourth-order valence-electron chi connectivity index (χ4n) is 6.41. The number of para-hydroxylation sites is 1. The van der Waals surface area contributed by atoms with Crippen LogP contribution in [-0.4, -0.2) is 69.6 Å². The molecule has 5 aromatic rings. The zero-order chi connectivity index (χ0) is 33.8. The van der Waals surface area contributed by atoms with Crippen LogP contribution in [0.1, 0.15) is 31.9 Å². The van der Waals surface area contributed by atoms with Gasteiger partial charge in [0, 0.05) is 55.5 Å². The topological polar surface area (TPSA) is 96.2 Å². The Balaban J connectivity index is 0.928. The molecule has 2 fully saturated rings. The average molecular weight is 661 g/mol. The number of hydrogen-bond acceptors (Lipinski definition) is 8. The van der Waals surface area contributed by atoms with Crippen molar-refractivity contribution >= 4 is 17.1 Å². The lowest BCUT2D eigenvalue weighted by atomic mass is 10.0. The van der Waals surface area contributed by atoms with Gasteiger partial charge in [0.25, 0.3) is 0 Å². The van der Waals surface area contributed by atoms with Crippen LogP contribution >= 0.6 is 0 Å². The summed E-state index contributed by atoms with van der Waals surface area (Å²) < 4.78 is 23.8. The van der Waals surface area contributed by atoms with Gasteiger partial charge < -0.3 is 24.0 Å². The second-order valence-corrected chi connectivity index (χ2v) is 12.4. The minimum absolute atomic E-state index is 0.0657. The molecule has 3 atom stereocenters. The molecule has 3 aromatic carbocycles. The van der Waals surface area contributed by atoms with Crippen LogP contribution in [0.4, 0.5) is 17.1 Å². The highest BCUT2D eigenvalue weighted by Crippen LogP contribution is 2.41. The van der Waals surface area contributed by atoms with Crippen molar-refractivity contribution in [2.75, 3.05) is 49.2 Å². The molecule has 12 heteroatoms. The highest BCUT2D eigenvalue weighted by Gasteiger charge is 2.45. The highest BCUT2D eigenvalue weighted by molar-refractivity contribution is 5.55. The van der Waals surface area contributed by atoms with Crippen molar-refractivity contribution in [3.63, 3.8) is 0 Å². The molecule has 0 amide bonds. The molecule has 12 nitrogen and oxygen atoms in total. The number of rotatable bonds is 11. The quantitative estimate of drug-likeness (QED) is 0.173. The van der Waals surface area contributed by atoms with E-state index >= 15 is 0 Å². The van der Waals surface area contributed by atoms with Gasteiger partial charge >= 0.3 is 5.69 Å². The predicted molar refractivity (Wildman–Crippen MR) is 187 cm³/mol. The number of nitrogens with zero attached hydrogens (tertiary/aromatic N) is 8. The summed E-state index contributed by atoms with van der Waals surface area (Å²) in [5.41, 5.74) is 4.16. The number of benzene rings is 3. The van der Waals surface area contributed by atoms with Crippen LogP contribution in [0, 0.1) is 6.57 Å². The minimum atomic E-state index is -1.13. The summed E-state index contributed by atoms with van der Waals surface area (Å²) in [7, 11) is 0. The molecule has 49 heavy (non-hydrogen) atoms. The second kappa shape index (κ2) is 14.0. The zero-order valence-corrected chi connectivity index (χ0v) is 27.8. The molecule has 7 rings (SSSR count). The van der Waals surface area contributed by atoms with Crippen LogP contribution in [0.5, 0.6) is 5.75 Å². The Morgan fingerprint density at radius 1 is 0.939 bits per heavy atom. The van der Waals surface area contributed by atoms with Gasteiger partial charge in [0.05, 0.1) is 31.5 Å². The van der Waals surface area contributed by atoms with Gasteiger partial charge in [-0.1, -0.05) is 31.2 Å². The van der Waals surface area contributed by atoms with E-state index in [9.17, 15) is 4.79 Å². The van der Waals surface area contributed by atoms with Crippen molar-refractivity contribution in [3.05, 3.63) is 125 Å². The molecular formula is C37H40N8O4. The van der Waals surface area contributed by atoms with E-state index in [2.05, 4.69) is 49.1 Å². The summed E-state index contributed by atoms with van der Waals surface area (Å²) in [6, 6.07) is 25.6. The van der Waals surface area contributed by atoms with Crippen molar-refractivity contribution < 1.29 is 14.2 Å². The van der Waals surface area contributed by atoms with Crippen molar-refractivity contribution in [1.29, 1.82) is 0 Å². The lowest BCUT2D eigenvalue weighted by molar-refractivity contribution is -0.190. The Kier molecular flexibility index (Phi) is 9.19. The van der Waals surface area contributed by atoms with Gasteiger partial charge in [0.1, 0.15) is 24.8 Å². The van der Waals surface area contributed by atoms with Gasteiger partial charge in [-0.25, -0.2) is 18.9 Å². The lowest BCUT2D eigenvalue weighted by Crippen LogP contribution is -2.46. The first-order valence-electron chi connectivity index (χ1n) is 16.7. The van der Waals surface area contributed by atoms with E-state index in [1.807, 2.05) is 68.6 Å². The van der Waals surface area contributed by atoms with E-state index < -0.39 is 5.79 Å². The fraction of sp³-hybridized carbons (Fsp3) is 0.351. The molecule has 0 saturated carbocycles. The largest absolute Gasteiger partial charge is 0.491 e. The lowest BCUT2D eigenvalue weighted by Gasteiger charge is -2.37. The Bertz CT molecular complexity index is 1940. The first-order chi connectivity index (χ1) is 24.0. The van der Waals surface area contributed by atoms with E-state index in [0.29, 0.717) is 31.0 Å². The summed E-state index contributed by atoms with van der Waals surface area (Å²) in [5.74, 6) is -0.377. The SMILES string of the molecule is [C-]#[N+]c1ccccc1[C@]1(Cn2cccn2)OC[C@@H](COc2ccc(N3CCN(c4ccc(-n5cnn(C(C)CC)c5=O)cc4)CC3)cc2)O1. The van der Waals surface area contributed by atoms with Gasteiger partial charge in [-0.3, -0.25) is 4.68 Å². The maximum absolute atomic E-state index is 12.8. The summed E-state index contributed by atoms with van der Waals surface area (Å²) in [6.07, 6.45) is 5.70. The van der Waals surface area contributed by atoms with E-state index in [4.69, 9.17) is 20.8 Å². The normalized spacial score (nSPS) is 19.9. The third-order valence-corrected chi connectivity index (χ3v) is 9.34. The van der Waals surface area contributed by atoms with Crippen LogP contribution in [0.25, 0.3) is 10.5 Å². The number of piperazine rings is 1. The van der Waals surface area contributed by atoms with E-state index in [0.717, 1.165) is 55.4 Å². The Labute approximate surface area is 285 Å². The van der Waals surface area contributed by atoms with Crippen molar-refractivity contribution in [3.8, 4) is 11.4 Å². The number of anilines is 2. The monoisotopic (exact) mass is 660 g/mol. The summed E-state index contributed by atoms with van der Waals surface area (Å²) in [4.78, 5) is 21.3. The average Bonchev–Trinajstić information content (AvgIpc) is 3.92. The highest BCUT2D eigenvalue weighted by atomic mass is 16.8. The van der Waals surface area contributed by atoms with Gasteiger partial charge in [-0.15, -0.1) is 0 Å². The summed E-state index contributed by atoms with van der Waals surface area (Å²) in [5, 5.41) is 8.64. The zero-order valence-electron chi connectivity index (χ0n) is 27.8. The van der Waals surface area contributed by atoms with Gasteiger partial charge in [-0.2, -0.15) is 10.2 Å². The molecule has 1 unspecified atom stereocenters. The molecule has 2 aromatic heterocycles. The Morgan fingerprint density at radius 3 is 2.27 bits per heavy atom. The molecular weight excluding hydrogens is 620 g/mol. The molecule has 4 heterocycles. The van der Waals surface area contributed by atoms with Gasteiger partial charge in [-0.05, 0) is 67.9 Å². The van der Waals surface area contributed by atoms with E-state index in [-0.39, 0.29) is 17.8 Å². The molecule has 252 valence electrons. The first-order valence-corrected chi connectivity index (χ1v) is 16.7. The molecule has 0 radical (unpaired) electrons. The third-order valence-electron chi connectivity index (χ3n) is 9.34. The standard InChI is InChI=1S/C37H40N8O4/c1-4-28(2)45-36(46)44(27-40-45)31-12-10-29(11-13-31)41-20-22-42(23-21-41)30-14-16-32(17-15-30)47-24-33-25-48-37(49-33,26-43-19-7-18-39-43)34-8-5-6-9-35(34)38-3/h5-19,27-28,33H,4,20-26H2,1-2H3/t28?,33-,37-/m1/s1. The fourth-order valence-corrected chi connectivity index (χ4v) is 6.41. The number of aromatic nitrogens is 5. The third kappa shape index (κ3) is 6.68. The van der Waals surface area contributed by atoms with Crippen LogP contribution in [0.3, 0.4) is 0 Å². The van der Waals surface area contributed by atoms with Crippen LogP contribution in [0.15, 0.2) is 102 Å². The van der Waals surface area contributed by atoms with Crippen LogP contribution in [0.2, 0.25) is 0 Å². The second-order valence-electron chi connectivity index (χ2n) is 12.4. The van der Waals surface area contributed by atoms with Crippen molar-refractivity contribution in [2.24, 2.45) is 0 Å². The maximum Gasteiger partial charge on any atom is 0.350 e. The predicted octanol–water partition coefficient (Wildman–Crippen LogP) is 5.43. The van der Waals surface area contributed by atoms with Crippen molar-refractivity contribution in [1.82, 2.24) is 24.1 Å². The molecule has 0 spiro atoms. The number of hydrogen-bond donors (Lipinski definition) is 0. The first kappa shape index (κ1) is 32.2. The van der Waals surface area contributed by atoms with Gasteiger partial charge in [0.15, 0.2) is 5.69 Å². The summed E-state index contributed by atoms with van der Waals surface area (Å²) >= 11 is 0. The minimum Gasteiger partial charge on any atom is -0.491 e. The summed E-state index contributed by atoms with van der Waals surface area (Å²) in [6.45, 7) is 16.2. The van der Waals surface area contributed by atoms with E-state index in [1.54, 1.807) is 32.5 Å². The van der Waals surface area contributed by atoms with Crippen LogP contribution < -0.4 is 20.2 Å². The molecule has 0 N–H and O–H groups in total. The Morgan fingerprint density at radius 2 is 1.61 bits per heavy atom. The van der Waals surface area contributed by atoms with E-state index in [1.165, 1.54) is 0 Å². The molecule has 0 aliphatic carbocycles. The van der Waals surface area contributed by atoms with Crippen molar-refractivity contribution in [2.45, 2.75) is 44.7 Å². The molecule has 2 aliphatic rings. The smallest absolute Gasteiger partial charge is 0.350 e. The Hall–Kier alpha value is -5.38. The maximum atomic E-state index is 12.8. The molecule has 0 bridgehead atoms. The molecule has 2 saturated heterocycles. The number of ether oxygens (including phenoxy) is 3. The van der Waals surface area contributed by atoms with Gasteiger partial charge in [0.2, 0.25) is 5.79 Å². The van der Waals surface area contributed by atoms with Crippen LogP contribution in [-0.2, 0) is 21.8 Å². The molecule has 2 aliphatic heterocycles.